The minimum Gasteiger partial charge on any atom is -0.309 e. The summed E-state index contributed by atoms with van der Waals surface area (Å²) in [7, 11) is 0. The normalized spacial score (nSPS) is 12.8. The first-order valence-corrected chi connectivity index (χ1v) is 6.96. The molecule has 102 valence electrons. The maximum Gasteiger partial charge on any atom is 0.258 e. The molecule has 2 aromatic rings. The van der Waals surface area contributed by atoms with Crippen LogP contribution in [0.25, 0.3) is 10.9 Å². The van der Waals surface area contributed by atoms with E-state index in [2.05, 4.69) is 29.1 Å². The fraction of sp³-hybridized carbons (Fsp3) is 0.429. The molecular formula is C14H18ClN3O. The Morgan fingerprint density at radius 3 is 2.89 bits per heavy atom. The molecule has 0 amide bonds. The number of nitrogens with zero attached hydrogens (tertiary/aromatic N) is 1. The van der Waals surface area contributed by atoms with Gasteiger partial charge in [-0.05, 0) is 37.6 Å². The van der Waals surface area contributed by atoms with Gasteiger partial charge < -0.3 is 10.3 Å². The molecule has 0 radical (unpaired) electrons. The predicted octanol–water partition coefficient (Wildman–Crippen LogP) is 3.03. The lowest BCUT2D eigenvalue weighted by Gasteiger charge is -2.15. The Morgan fingerprint density at radius 1 is 1.42 bits per heavy atom. The Balaban J connectivity index is 2.46. The van der Waals surface area contributed by atoms with Crippen molar-refractivity contribution in [1.29, 1.82) is 0 Å². The Kier molecular flexibility index (Phi) is 4.56. The summed E-state index contributed by atoms with van der Waals surface area (Å²) >= 11 is 5.95. The summed E-state index contributed by atoms with van der Waals surface area (Å²) in [5.74, 6) is 0.677. The maximum atomic E-state index is 12.0. The van der Waals surface area contributed by atoms with Crippen LogP contribution in [0.15, 0.2) is 23.0 Å². The van der Waals surface area contributed by atoms with Gasteiger partial charge in [-0.2, -0.15) is 0 Å². The minimum absolute atomic E-state index is 0.0658. The SMILES string of the molecule is CCCN[C@@H](CC)c1nc2cc(Cl)ccc2c(=O)[nH]1. The van der Waals surface area contributed by atoms with E-state index >= 15 is 0 Å². The monoisotopic (exact) mass is 279 g/mol. The summed E-state index contributed by atoms with van der Waals surface area (Å²) in [6.07, 6.45) is 1.91. The van der Waals surface area contributed by atoms with Gasteiger partial charge in [0.1, 0.15) is 5.82 Å². The van der Waals surface area contributed by atoms with Gasteiger partial charge in [-0.15, -0.1) is 0 Å². The lowest BCUT2D eigenvalue weighted by molar-refractivity contribution is 0.495. The smallest absolute Gasteiger partial charge is 0.258 e. The summed E-state index contributed by atoms with van der Waals surface area (Å²) in [4.78, 5) is 19.4. The molecule has 0 fully saturated rings. The zero-order valence-corrected chi connectivity index (χ0v) is 11.9. The Morgan fingerprint density at radius 2 is 2.21 bits per heavy atom. The molecule has 0 unspecified atom stereocenters. The number of hydrogen-bond donors (Lipinski definition) is 2. The largest absolute Gasteiger partial charge is 0.309 e. The van der Waals surface area contributed by atoms with Crippen molar-refractivity contribution in [1.82, 2.24) is 15.3 Å². The van der Waals surface area contributed by atoms with Crippen molar-refractivity contribution >= 4 is 22.5 Å². The van der Waals surface area contributed by atoms with E-state index in [-0.39, 0.29) is 11.6 Å². The van der Waals surface area contributed by atoms with Crippen LogP contribution >= 0.6 is 11.6 Å². The van der Waals surface area contributed by atoms with E-state index in [4.69, 9.17) is 11.6 Å². The molecule has 5 heteroatoms. The number of nitrogens with one attached hydrogen (secondary N) is 2. The quantitative estimate of drug-likeness (QED) is 0.884. The van der Waals surface area contributed by atoms with Gasteiger partial charge in [0.2, 0.25) is 0 Å². The molecule has 1 aromatic heterocycles. The van der Waals surface area contributed by atoms with Crippen molar-refractivity contribution in [2.45, 2.75) is 32.7 Å². The van der Waals surface area contributed by atoms with Crippen LogP contribution in [-0.2, 0) is 0 Å². The molecule has 0 saturated carbocycles. The van der Waals surface area contributed by atoms with Crippen LogP contribution in [0.1, 0.15) is 38.6 Å². The minimum atomic E-state index is -0.117. The number of aromatic amines is 1. The van der Waals surface area contributed by atoms with Crippen molar-refractivity contribution in [2.24, 2.45) is 0 Å². The molecular weight excluding hydrogens is 262 g/mol. The molecule has 1 atom stereocenters. The van der Waals surface area contributed by atoms with Gasteiger partial charge in [0, 0.05) is 5.02 Å². The van der Waals surface area contributed by atoms with Gasteiger partial charge in [-0.3, -0.25) is 4.79 Å². The second-order valence-electron chi connectivity index (χ2n) is 4.53. The number of H-pyrrole nitrogens is 1. The Bertz CT molecular complexity index is 624. The first-order valence-electron chi connectivity index (χ1n) is 6.58. The average Bonchev–Trinajstić information content (AvgIpc) is 2.39. The molecule has 19 heavy (non-hydrogen) atoms. The lowest BCUT2D eigenvalue weighted by atomic mass is 10.2. The lowest BCUT2D eigenvalue weighted by Crippen LogP contribution is -2.26. The molecule has 1 heterocycles. The predicted molar refractivity (Wildman–Crippen MR) is 78.7 cm³/mol. The average molecular weight is 280 g/mol. The first-order chi connectivity index (χ1) is 9.15. The zero-order chi connectivity index (χ0) is 13.8. The van der Waals surface area contributed by atoms with Gasteiger partial charge in [0.15, 0.2) is 0 Å². The molecule has 0 aliphatic heterocycles. The van der Waals surface area contributed by atoms with Gasteiger partial charge >= 0.3 is 0 Å². The molecule has 0 saturated heterocycles. The van der Waals surface area contributed by atoms with E-state index in [0.717, 1.165) is 19.4 Å². The first kappa shape index (κ1) is 14.0. The molecule has 0 bridgehead atoms. The molecule has 2 N–H and O–H groups in total. The third kappa shape index (κ3) is 3.14. The van der Waals surface area contributed by atoms with Crippen molar-refractivity contribution in [3.63, 3.8) is 0 Å². The molecule has 0 spiro atoms. The molecule has 4 nitrogen and oxygen atoms in total. The molecule has 0 aliphatic rings. The summed E-state index contributed by atoms with van der Waals surface area (Å²) in [5.41, 5.74) is 0.524. The fourth-order valence-electron chi connectivity index (χ4n) is 2.05. The number of benzene rings is 1. The van der Waals surface area contributed by atoms with Crippen LogP contribution < -0.4 is 10.9 Å². The van der Waals surface area contributed by atoms with Gasteiger partial charge in [-0.1, -0.05) is 25.4 Å². The van der Waals surface area contributed by atoms with Gasteiger partial charge in [0.05, 0.1) is 16.9 Å². The molecule has 2 rings (SSSR count). The van der Waals surface area contributed by atoms with E-state index in [1.54, 1.807) is 18.2 Å². The van der Waals surface area contributed by atoms with Crippen molar-refractivity contribution in [2.75, 3.05) is 6.54 Å². The standard InChI is InChI=1S/C14H18ClN3O/c1-3-7-16-11(4-2)13-17-12-8-9(15)5-6-10(12)14(19)18-13/h5-6,8,11,16H,3-4,7H2,1-2H3,(H,17,18,19)/t11-/m0/s1. The second-order valence-corrected chi connectivity index (χ2v) is 4.96. The summed E-state index contributed by atoms with van der Waals surface area (Å²) < 4.78 is 0. The van der Waals surface area contributed by atoms with E-state index in [0.29, 0.717) is 21.7 Å². The number of aromatic nitrogens is 2. The van der Waals surface area contributed by atoms with Crippen molar-refractivity contribution in [3.05, 3.63) is 39.4 Å². The van der Waals surface area contributed by atoms with Gasteiger partial charge in [-0.25, -0.2) is 4.98 Å². The topological polar surface area (TPSA) is 57.8 Å². The fourth-order valence-corrected chi connectivity index (χ4v) is 2.21. The Labute approximate surface area is 117 Å². The third-order valence-electron chi connectivity index (χ3n) is 3.07. The van der Waals surface area contributed by atoms with Crippen molar-refractivity contribution in [3.8, 4) is 0 Å². The van der Waals surface area contributed by atoms with Gasteiger partial charge in [0.25, 0.3) is 5.56 Å². The number of rotatable bonds is 5. The van der Waals surface area contributed by atoms with E-state index in [1.165, 1.54) is 0 Å². The Hall–Kier alpha value is -1.39. The van der Waals surface area contributed by atoms with Crippen LogP contribution in [0.2, 0.25) is 5.02 Å². The van der Waals surface area contributed by atoms with Crippen molar-refractivity contribution < 1.29 is 0 Å². The highest BCUT2D eigenvalue weighted by atomic mass is 35.5. The van der Waals surface area contributed by atoms with Crippen LogP contribution in [0.3, 0.4) is 0 Å². The zero-order valence-electron chi connectivity index (χ0n) is 11.2. The van der Waals surface area contributed by atoms with E-state index in [1.807, 2.05) is 0 Å². The summed E-state index contributed by atoms with van der Waals surface area (Å²) in [5, 5.41) is 4.53. The van der Waals surface area contributed by atoms with Crippen LogP contribution in [0.5, 0.6) is 0 Å². The van der Waals surface area contributed by atoms with E-state index in [9.17, 15) is 4.79 Å². The molecule has 1 aromatic carbocycles. The number of fused-ring (bicyclic) bond motifs is 1. The van der Waals surface area contributed by atoms with Crippen LogP contribution in [-0.4, -0.2) is 16.5 Å². The second kappa shape index (κ2) is 6.17. The number of halogens is 1. The highest BCUT2D eigenvalue weighted by molar-refractivity contribution is 6.31. The highest BCUT2D eigenvalue weighted by Crippen LogP contribution is 2.17. The number of hydrogen-bond acceptors (Lipinski definition) is 3. The maximum absolute atomic E-state index is 12.0. The third-order valence-corrected chi connectivity index (χ3v) is 3.30. The summed E-state index contributed by atoms with van der Waals surface area (Å²) in [6, 6.07) is 5.19. The van der Waals surface area contributed by atoms with Crippen LogP contribution in [0, 0.1) is 0 Å². The molecule has 0 aliphatic carbocycles. The summed E-state index contributed by atoms with van der Waals surface area (Å²) in [6.45, 7) is 5.07. The van der Waals surface area contributed by atoms with E-state index < -0.39 is 0 Å². The highest BCUT2D eigenvalue weighted by Gasteiger charge is 2.13. The van der Waals surface area contributed by atoms with Crippen LogP contribution in [0.4, 0.5) is 0 Å².